The molecule has 2 aromatic heterocycles. The summed E-state index contributed by atoms with van der Waals surface area (Å²) in [5.74, 6) is 1.71. The van der Waals surface area contributed by atoms with Crippen molar-refractivity contribution in [3.8, 4) is 0 Å². The van der Waals surface area contributed by atoms with E-state index in [9.17, 15) is 0 Å². The molecule has 0 atom stereocenters. The molecule has 0 aliphatic carbocycles. The Kier molecular flexibility index (Phi) is 5.39. The number of nitrogens with one attached hydrogen (secondary N) is 1. The highest BCUT2D eigenvalue weighted by Crippen LogP contribution is 2.21. The van der Waals surface area contributed by atoms with E-state index < -0.39 is 0 Å². The third-order valence-electron chi connectivity index (χ3n) is 3.01. The van der Waals surface area contributed by atoms with Crippen LogP contribution in [-0.4, -0.2) is 21.5 Å². The number of thioether (sulfide) groups is 1. The van der Waals surface area contributed by atoms with Gasteiger partial charge in [0.25, 0.3) is 0 Å². The molecule has 0 bridgehead atoms. The number of thiazole rings is 1. The van der Waals surface area contributed by atoms with Gasteiger partial charge in [-0.1, -0.05) is 30.3 Å². The van der Waals surface area contributed by atoms with Crippen LogP contribution in [0.5, 0.6) is 0 Å². The Balaban J connectivity index is 1.51. The Labute approximate surface area is 138 Å². The van der Waals surface area contributed by atoms with Crippen LogP contribution >= 0.6 is 23.1 Å². The van der Waals surface area contributed by atoms with Crippen LogP contribution in [-0.2, 0) is 12.2 Å². The molecule has 4 nitrogen and oxygen atoms in total. The van der Waals surface area contributed by atoms with Crippen molar-refractivity contribution in [3.05, 3.63) is 64.9 Å². The molecule has 0 aliphatic rings. The maximum Gasteiger partial charge on any atom is 0.145 e. The standard InChI is InChI=1S/C16H16N4S2/c1-2-4-13(5-3-1)10-22-16-9-17-8-15(20-16)18-7-6-14-11-21-12-19-14/h1-5,8-9,11-12H,6-7,10H2,(H,18,20). The molecule has 0 radical (unpaired) electrons. The first-order valence-electron chi connectivity index (χ1n) is 7.00. The largest absolute Gasteiger partial charge is 0.368 e. The summed E-state index contributed by atoms with van der Waals surface area (Å²) in [5.41, 5.74) is 4.26. The Morgan fingerprint density at radius 1 is 1.14 bits per heavy atom. The predicted molar refractivity (Wildman–Crippen MR) is 92.3 cm³/mol. The topological polar surface area (TPSA) is 50.7 Å². The molecule has 0 saturated heterocycles. The first-order chi connectivity index (χ1) is 10.9. The minimum atomic E-state index is 0.811. The van der Waals surface area contributed by atoms with Gasteiger partial charge in [-0.3, -0.25) is 4.98 Å². The lowest BCUT2D eigenvalue weighted by atomic mass is 10.2. The molecular formula is C16H16N4S2. The molecular weight excluding hydrogens is 312 g/mol. The van der Waals surface area contributed by atoms with E-state index in [-0.39, 0.29) is 0 Å². The minimum absolute atomic E-state index is 0.811. The van der Waals surface area contributed by atoms with E-state index in [4.69, 9.17) is 0 Å². The zero-order valence-corrected chi connectivity index (χ0v) is 13.6. The molecule has 3 aromatic rings. The molecule has 0 unspecified atom stereocenters. The molecule has 1 N–H and O–H groups in total. The van der Waals surface area contributed by atoms with Crippen molar-refractivity contribution in [2.45, 2.75) is 17.2 Å². The molecule has 0 saturated carbocycles. The van der Waals surface area contributed by atoms with Crippen LogP contribution in [0.1, 0.15) is 11.3 Å². The molecule has 22 heavy (non-hydrogen) atoms. The summed E-state index contributed by atoms with van der Waals surface area (Å²) in [6, 6.07) is 10.4. The SMILES string of the molecule is c1ccc(CSc2cncc(NCCc3cscn3)n2)cc1. The summed E-state index contributed by atoms with van der Waals surface area (Å²) >= 11 is 3.32. The fourth-order valence-corrected chi connectivity index (χ4v) is 3.31. The molecule has 0 fully saturated rings. The molecule has 6 heteroatoms. The number of aromatic nitrogens is 3. The molecule has 0 amide bonds. The zero-order valence-electron chi connectivity index (χ0n) is 12.0. The highest BCUT2D eigenvalue weighted by Gasteiger charge is 2.01. The maximum atomic E-state index is 4.58. The Hall–Kier alpha value is -1.92. The van der Waals surface area contributed by atoms with Gasteiger partial charge in [0.1, 0.15) is 10.8 Å². The molecule has 112 valence electrons. The van der Waals surface area contributed by atoms with Gasteiger partial charge >= 0.3 is 0 Å². The average Bonchev–Trinajstić information content (AvgIpc) is 3.08. The van der Waals surface area contributed by atoms with Crippen molar-refractivity contribution in [2.24, 2.45) is 0 Å². The van der Waals surface area contributed by atoms with Crippen LogP contribution in [0.3, 0.4) is 0 Å². The van der Waals surface area contributed by atoms with Crippen molar-refractivity contribution < 1.29 is 0 Å². The summed E-state index contributed by atoms with van der Waals surface area (Å²) in [4.78, 5) is 13.1. The van der Waals surface area contributed by atoms with Gasteiger partial charge in [0, 0.05) is 24.1 Å². The lowest BCUT2D eigenvalue weighted by molar-refractivity contribution is 0.949. The second kappa shape index (κ2) is 7.91. The van der Waals surface area contributed by atoms with Gasteiger partial charge in [-0.2, -0.15) is 0 Å². The number of nitrogens with zero attached hydrogens (tertiary/aromatic N) is 3. The van der Waals surface area contributed by atoms with E-state index >= 15 is 0 Å². The van der Waals surface area contributed by atoms with Crippen LogP contribution in [0, 0.1) is 0 Å². The predicted octanol–water partition coefficient (Wildman–Crippen LogP) is 3.88. The minimum Gasteiger partial charge on any atom is -0.368 e. The van der Waals surface area contributed by atoms with E-state index in [2.05, 4.69) is 49.9 Å². The Bertz CT molecular complexity index is 686. The summed E-state index contributed by atoms with van der Waals surface area (Å²) < 4.78 is 0. The summed E-state index contributed by atoms with van der Waals surface area (Å²) in [6.45, 7) is 0.811. The van der Waals surface area contributed by atoms with Gasteiger partial charge in [-0.05, 0) is 5.56 Å². The van der Waals surface area contributed by atoms with Gasteiger partial charge in [-0.15, -0.1) is 23.1 Å². The summed E-state index contributed by atoms with van der Waals surface area (Å²) in [6.07, 6.45) is 4.46. The number of benzene rings is 1. The van der Waals surface area contributed by atoms with Crippen molar-refractivity contribution in [1.29, 1.82) is 0 Å². The van der Waals surface area contributed by atoms with Gasteiger partial charge in [0.05, 0.1) is 23.6 Å². The van der Waals surface area contributed by atoms with Crippen LogP contribution in [0.25, 0.3) is 0 Å². The highest BCUT2D eigenvalue weighted by molar-refractivity contribution is 7.98. The number of hydrogen-bond donors (Lipinski definition) is 1. The van der Waals surface area contributed by atoms with Crippen molar-refractivity contribution >= 4 is 28.9 Å². The van der Waals surface area contributed by atoms with Gasteiger partial charge < -0.3 is 5.32 Å². The van der Waals surface area contributed by atoms with Crippen LogP contribution in [0.2, 0.25) is 0 Å². The van der Waals surface area contributed by atoms with Crippen molar-refractivity contribution in [2.75, 3.05) is 11.9 Å². The maximum absolute atomic E-state index is 4.58. The van der Waals surface area contributed by atoms with Crippen LogP contribution in [0.15, 0.2) is 58.6 Å². The highest BCUT2D eigenvalue weighted by atomic mass is 32.2. The first kappa shape index (κ1) is 15.0. The van der Waals surface area contributed by atoms with Gasteiger partial charge in [-0.25, -0.2) is 9.97 Å². The summed E-state index contributed by atoms with van der Waals surface area (Å²) in [7, 11) is 0. The normalized spacial score (nSPS) is 10.5. The molecule has 3 rings (SSSR count). The van der Waals surface area contributed by atoms with Crippen LogP contribution < -0.4 is 5.32 Å². The van der Waals surface area contributed by atoms with Gasteiger partial charge in [0.2, 0.25) is 0 Å². The third kappa shape index (κ3) is 4.54. The van der Waals surface area contributed by atoms with Crippen LogP contribution in [0.4, 0.5) is 5.82 Å². The average molecular weight is 328 g/mol. The molecule has 2 heterocycles. The van der Waals surface area contributed by atoms with E-state index in [0.717, 1.165) is 35.3 Å². The first-order valence-corrected chi connectivity index (χ1v) is 8.93. The second-order valence-corrected chi connectivity index (χ2v) is 6.39. The van der Waals surface area contributed by atoms with Gasteiger partial charge in [0.15, 0.2) is 0 Å². The number of rotatable bonds is 7. The number of hydrogen-bond acceptors (Lipinski definition) is 6. The Morgan fingerprint density at radius 2 is 2.05 bits per heavy atom. The van der Waals surface area contributed by atoms with Crippen molar-refractivity contribution in [1.82, 2.24) is 15.0 Å². The van der Waals surface area contributed by atoms with E-state index in [1.165, 1.54) is 5.56 Å². The molecule has 1 aromatic carbocycles. The fraction of sp³-hybridized carbons (Fsp3) is 0.188. The lowest BCUT2D eigenvalue weighted by Crippen LogP contribution is -2.07. The zero-order chi connectivity index (χ0) is 15.0. The van der Waals surface area contributed by atoms with E-state index in [0.29, 0.717) is 0 Å². The van der Waals surface area contributed by atoms with E-state index in [1.807, 2.05) is 11.6 Å². The van der Waals surface area contributed by atoms with E-state index in [1.54, 1.807) is 35.5 Å². The molecule has 0 aliphatic heterocycles. The smallest absolute Gasteiger partial charge is 0.145 e. The third-order valence-corrected chi connectivity index (χ3v) is 4.62. The summed E-state index contributed by atoms with van der Waals surface area (Å²) in [5, 5.41) is 6.30. The number of anilines is 1. The fourth-order valence-electron chi connectivity index (χ4n) is 1.91. The Morgan fingerprint density at radius 3 is 2.86 bits per heavy atom. The monoisotopic (exact) mass is 328 g/mol. The lowest BCUT2D eigenvalue weighted by Gasteiger charge is -2.06. The molecule has 0 spiro atoms. The second-order valence-electron chi connectivity index (χ2n) is 4.67. The van der Waals surface area contributed by atoms with Crippen molar-refractivity contribution in [3.63, 3.8) is 0 Å². The quantitative estimate of drug-likeness (QED) is 0.667.